The van der Waals surface area contributed by atoms with Crippen molar-refractivity contribution in [1.29, 1.82) is 0 Å². The number of aliphatic carboxylic acids is 1. The molecule has 1 unspecified atom stereocenters. The number of rotatable bonds is 4. The summed E-state index contributed by atoms with van der Waals surface area (Å²) in [4.78, 5) is 25.2. The molecule has 0 radical (unpaired) electrons. The van der Waals surface area contributed by atoms with Gasteiger partial charge in [0.2, 0.25) is 11.4 Å². The zero-order valence-corrected chi connectivity index (χ0v) is 9.65. The van der Waals surface area contributed by atoms with Crippen molar-refractivity contribution in [3.05, 3.63) is 23.9 Å². The Bertz CT molecular complexity index is 518. The number of pyridine rings is 1. The van der Waals surface area contributed by atoms with Gasteiger partial charge in [-0.05, 0) is 19.1 Å². The van der Waals surface area contributed by atoms with Crippen LogP contribution in [-0.2, 0) is 4.79 Å². The fourth-order valence-corrected chi connectivity index (χ4v) is 1.15. The van der Waals surface area contributed by atoms with E-state index in [1.54, 1.807) is 5.32 Å². The van der Waals surface area contributed by atoms with Gasteiger partial charge in [0.1, 0.15) is 5.82 Å². The highest BCUT2D eigenvalue weighted by Crippen LogP contribution is 2.33. The molecule has 6 nitrogen and oxygen atoms in total. The Morgan fingerprint density at radius 1 is 1.42 bits per heavy atom. The summed E-state index contributed by atoms with van der Waals surface area (Å²) in [7, 11) is 0. The Hall–Kier alpha value is -2.32. The third-order valence-electron chi connectivity index (χ3n) is 2.42. The van der Waals surface area contributed by atoms with E-state index < -0.39 is 29.4 Å². The van der Waals surface area contributed by atoms with Crippen LogP contribution in [0.25, 0.3) is 0 Å². The van der Waals surface area contributed by atoms with Gasteiger partial charge in [-0.2, -0.15) is 13.2 Å². The lowest BCUT2D eigenvalue weighted by Crippen LogP contribution is -2.55. The van der Waals surface area contributed by atoms with E-state index in [2.05, 4.69) is 4.98 Å². The first-order valence-electron chi connectivity index (χ1n) is 4.92. The number of nitrogens with two attached hydrogens (primary N) is 1. The summed E-state index contributed by atoms with van der Waals surface area (Å²) in [6, 6.07) is 2.13. The Morgan fingerprint density at radius 2 is 2.00 bits per heavy atom. The SMILES string of the molecule is CC(Nc1cc(C(N)=O)ccn1)(C(=O)O)C(F)(F)F. The van der Waals surface area contributed by atoms with E-state index in [1.165, 1.54) is 6.07 Å². The van der Waals surface area contributed by atoms with Gasteiger partial charge >= 0.3 is 12.1 Å². The number of alkyl halides is 3. The minimum atomic E-state index is -5.05. The van der Waals surface area contributed by atoms with Crippen LogP contribution in [0.2, 0.25) is 0 Å². The van der Waals surface area contributed by atoms with Gasteiger partial charge in [0, 0.05) is 11.8 Å². The number of carbonyl (C=O) groups excluding carboxylic acids is 1. The molecule has 0 aromatic carbocycles. The molecule has 0 spiro atoms. The molecular weight excluding hydrogens is 267 g/mol. The van der Waals surface area contributed by atoms with Crippen molar-refractivity contribution in [1.82, 2.24) is 4.98 Å². The molecule has 19 heavy (non-hydrogen) atoms. The average Bonchev–Trinajstić information content (AvgIpc) is 2.27. The summed E-state index contributed by atoms with van der Waals surface area (Å²) >= 11 is 0. The fraction of sp³-hybridized carbons (Fsp3) is 0.300. The van der Waals surface area contributed by atoms with E-state index in [-0.39, 0.29) is 5.56 Å². The summed E-state index contributed by atoms with van der Waals surface area (Å²) < 4.78 is 38.2. The number of halogens is 3. The van der Waals surface area contributed by atoms with Crippen molar-refractivity contribution in [2.75, 3.05) is 5.32 Å². The summed E-state index contributed by atoms with van der Waals surface area (Å²) in [6.45, 7) is 0.452. The van der Waals surface area contributed by atoms with Crippen molar-refractivity contribution < 1.29 is 27.9 Å². The first kappa shape index (κ1) is 14.7. The fourth-order valence-electron chi connectivity index (χ4n) is 1.15. The lowest BCUT2D eigenvalue weighted by atomic mass is 10.0. The van der Waals surface area contributed by atoms with Crippen LogP contribution in [0.3, 0.4) is 0 Å². The van der Waals surface area contributed by atoms with E-state index in [1.807, 2.05) is 0 Å². The molecule has 0 aliphatic carbocycles. The number of hydrogen-bond acceptors (Lipinski definition) is 4. The number of anilines is 1. The monoisotopic (exact) mass is 277 g/mol. The number of nitrogens with one attached hydrogen (secondary N) is 1. The maximum atomic E-state index is 12.7. The van der Waals surface area contributed by atoms with Gasteiger partial charge in [0.15, 0.2) is 0 Å². The van der Waals surface area contributed by atoms with E-state index in [0.717, 1.165) is 12.3 Å². The van der Waals surface area contributed by atoms with Crippen molar-refractivity contribution in [3.8, 4) is 0 Å². The van der Waals surface area contributed by atoms with Gasteiger partial charge in [-0.25, -0.2) is 9.78 Å². The number of amides is 1. The predicted molar refractivity (Wildman–Crippen MR) is 58.5 cm³/mol. The lowest BCUT2D eigenvalue weighted by molar-refractivity contribution is -0.192. The first-order valence-corrected chi connectivity index (χ1v) is 4.92. The normalized spacial score (nSPS) is 14.5. The van der Waals surface area contributed by atoms with Gasteiger partial charge in [-0.1, -0.05) is 0 Å². The van der Waals surface area contributed by atoms with Crippen LogP contribution in [-0.4, -0.2) is 33.7 Å². The molecule has 1 aromatic heterocycles. The Labute approximate surface area is 105 Å². The lowest BCUT2D eigenvalue weighted by Gasteiger charge is -2.29. The number of aromatic nitrogens is 1. The second-order valence-electron chi connectivity index (χ2n) is 3.85. The van der Waals surface area contributed by atoms with E-state index in [0.29, 0.717) is 6.92 Å². The van der Waals surface area contributed by atoms with Crippen molar-refractivity contribution in [3.63, 3.8) is 0 Å². The number of carboxylic acid groups (broad SMARTS) is 1. The van der Waals surface area contributed by atoms with E-state index in [9.17, 15) is 22.8 Å². The molecule has 1 amide bonds. The van der Waals surface area contributed by atoms with Gasteiger partial charge in [-0.15, -0.1) is 0 Å². The van der Waals surface area contributed by atoms with E-state index >= 15 is 0 Å². The maximum absolute atomic E-state index is 12.7. The van der Waals surface area contributed by atoms with Gasteiger partial charge < -0.3 is 16.2 Å². The zero-order valence-electron chi connectivity index (χ0n) is 9.65. The molecule has 4 N–H and O–H groups in total. The summed E-state index contributed by atoms with van der Waals surface area (Å²) in [5.74, 6) is -3.40. The van der Waals surface area contributed by atoms with Crippen LogP contribution in [0.15, 0.2) is 18.3 Å². The molecule has 0 aliphatic heterocycles. The molecule has 0 fully saturated rings. The van der Waals surface area contributed by atoms with Crippen molar-refractivity contribution in [2.45, 2.75) is 18.6 Å². The Morgan fingerprint density at radius 3 is 2.42 bits per heavy atom. The largest absolute Gasteiger partial charge is 0.479 e. The summed E-state index contributed by atoms with van der Waals surface area (Å²) in [5, 5.41) is 10.5. The second kappa shape index (κ2) is 4.75. The number of carbonyl (C=O) groups is 2. The first-order chi connectivity index (χ1) is 8.58. The molecular formula is C10H10F3N3O3. The highest BCUT2D eigenvalue weighted by atomic mass is 19.4. The van der Waals surface area contributed by atoms with Crippen LogP contribution in [0.1, 0.15) is 17.3 Å². The summed E-state index contributed by atoms with van der Waals surface area (Å²) in [5.41, 5.74) is 1.64. The molecule has 1 aromatic rings. The molecule has 0 saturated carbocycles. The Balaban J connectivity index is 3.15. The number of primary amides is 1. The molecule has 1 rings (SSSR count). The van der Waals surface area contributed by atoms with Crippen LogP contribution in [0, 0.1) is 0 Å². The third kappa shape index (κ3) is 2.92. The molecule has 104 valence electrons. The number of nitrogens with zero attached hydrogens (tertiary/aromatic N) is 1. The number of hydrogen-bond donors (Lipinski definition) is 3. The van der Waals surface area contributed by atoms with Crippen LogP contribution in [0.5, 0.6) is 0 Å². The molecule has 9 heteroatoms. The quantitative estimate of drug-likeness (QED) is 0.761. The smallest absolute Gasteiger partial charge is 0.422 e. The van der Waals surface area contributed by atoms with Crippen molar-refractivity contribution >= 4 is 17.7 Å². The highest BCUT2D eigenvalue weighted by molar-refractivity contribution is 5.93. The van der Waals surface area contributed by atoms with Gasteiger partial charge in [-0.3, -0.25) is 4.79 Å². The van der Waals surface area contributed by atoms with Gasteiger partial charge in [0.05, 0.1) is 0 Å². The topological polar surface area (TPSA) is 105 Å². The van der Waals surface area contributed by atoms with Crippen LogP contribution in [0.4, 0.5) is 19.0 Å². The minimum Gasteiger partial charge on any atom is -0.479 e. The Kier molecular flexibility index (Phi) is 3.68. The van der Waals surface area contributed by atoms with Crippen LogP contribution >= 0.6 is 0 Å². The molecule has 1 atom stereocenters. The molecule has 1 heterocycles. The molecule has 0 aliphatic rings. The predicted octanol–water partition coefficient (Wildman–Crippen LogP) is 0.998. The highest BCUT2D eigenvalue weighted by Gasteiger charge is 2.57. The van der Waals surface area contributed by atoms with E-state index in [4.69, 9.17) is 10.8 Å². The maximum Gasteiger partial charge on any atom is 0.422 e. The molecule has 0 saturated heterocycles. The zero-order chi connectivity index (χ0) is 14.8. The van der Waals surface area contributed by atoms with Gasteiger partial charge in [0.25, 0.3) is 0 Å². The second-order valence-corrected chi connectivity index (χ2v) is 3.85. The van der Waals surface area contributed by atoms with Crippen molar-refractivity contribution in [2.24, 2.45) is 5.73 Å². The molecule has 0 bridgehead atoms. The standard InChI is InChI=1S/C10H10F3N3O3/c1-9(8(18)19,10(11,12)13)16-6-4-5(7(14)17)2-3-15-6/h2-4H,1H3,(H2,14,17)(H,15,16)(H,18,19). The van der Waals surface area contributed by atoms with Crippen LogP contribution < -0.4 is 11.1 Å². The number of carboxylic acids is 1. The third-order valence-corrected chi connectivity index (χ3v) is 2.42. The average molecular weight is 277 g/mol. The summed E-state index contributed by atoms with van der Waals surface area (Å²) in [6.07, 6.45) is -4.01. The minimum absolute atomic E-state index is 0.0904.